The lowest BCUT2D eigenvalue weighted by molar-refractivity contribution is -0.0250. The number of nitrogens with zero attached hydrogens (tertiary/aromatic N) is 4. The van der Waals surface area contributed by atoms with E-state index in [-0.39, 0.29) is 12.0 Å². The lowest BCUT2D eigenvalue weighted by Gasteiger charge is -2.32. The molecule has 0 unspecified atom stereocenters. The van der Waals surface area contributed by atoms with Gasteiger partial charge in [-0.05, 0) is 12.1 Å². The van der Waals surface area contributed by atoms with Crippen molar-refractivity contribution in [3.63, 3.8) is 0 Å². The fourth-order valence-electron chi connectivity index (χ4n) is 2.84. The van der Waals surface area contributed by atoms with Crippen LogP contribution in [0.3, 0.4) is 0 Å². The summed E-state index contributed by atoms with van der Waals surface area (Å²) < 4.78 is 5.73. The maximum atomic E-state index is 12.8. The third kappa shape index (κ3) is 2.83. The predicted octanol–water partition coefficient (Wildman–Crippen LogP) is 2.24. The van der Waals surface area contributed by atoms with Gasteiger partial charge in [0.05, 0.1) is 30.6 Å². The Morgan fingerprint density at radius 1 is 1.17 bits per heavy atom. The van der Waals surface area contributed by atoms with Crippen molar-refractivity contribution in [2.75, 3.05) is 19.7 Å². The van der Waals surface area contributed by atoms with Crippen molar-refractivity contribution in [2.45, 2.75) is 6.10 Å². The number of hydrogen-bond donors (Lipinski definition) is 0. The van der Waals surface area contributed by atoms with Crippen LogP contribution in [0.2, 0.25) is 0 Å². The van der Waals surface area contributed by atoms with E-state index in [2.05, 4.69) is 15.0 Å². The zero-order chi connectivity index (χ0) is 16.4. The number of para-hydroxylation sites is 1. The van der Waals surface area contributed by atoms with E-state index in [9.17, 15) is 4.79 Å². The Kier molecular flexibility index (Phi) is 3.88. The molecule has 1 aliphatic heterocycles. The van der Waals surface area contributed by atoms with Crippen LogP contribution >= 0.6 is 0 Å². The second-order valence-electron chi connectivity index (χ2n) is 5.63. The summed E-state index contributed by atoms with van der Waals surface area (Å²) >= 11 is 0. The Morgan fingerprint density at radius 3 is 2.96 bits per heavy atom. The number of rotatable bonds is 2. The van der Waals surface area contributed by atoms with Crippen LogP contribution in [0, 0.1) is 0 Å². The smallest absolute Gasteiger partial charge is 0.272 e. The average molecular weight is 320 g/mol. The highest BCUT2D eigenvalue weighted by atomic mass is 16.5. The fraction of sp³-hybridized carbons (Fsp3) is 0.222. The van der Waals surface area contributed by atoms with Crippen LogP contribution in [-0.4, -0.2) is 45.5 Å². The topological polar surface area (TPSA) is 68.2 Å². The van der Waals surface area contributed by atoms with E-state index in [1.807, 2.05) is 30.3 Å². The van der Waals surface area contributed by atoms with Crippen LogP contribution in [-0.2, 0) is 4.74 Å². The minimum absolute atomic E-state index is 0.0852. The SMILES string of the molecule is O=C(c1ccc2ccccc2n1)N1CCO[C@H](c2cnccn2)C1. The van der Waals surface area contributed by atoms with E-state index in [1.165, 1.54) is 0 Å². The number of ether oxygens (including phenoxy) is 1. The van der Waals surface area contributed by atoms with Gasteiger partial charge < -0.3 is 9.64 Å². The van der Waals surface area contributed by atoms with Gasteiger partial charge in [-0.1, -0.05) is 24.3 Å². The lowest BCUT2D eigenvalue weighted by Crippen LogP contribution is -2.42. The summed E-state index contributed by atoms with van der Waals surface area (Å²) in [4.78, 5) is 27.4. The summed E-state index contributed by atoms with van der Waals surface area (Å²) in [5.74, 6) is -0.0852. The van der Waals surface area contributed by atoms with Gasteiger partial charge in [-0.25, -0.2) is 4.98 Å². The number of hydrogen-bond acceptors (Lipinski definition) is 5. The molecule has 0 radical (unpaired) electrons. The fourth-order valence-corrected chi connectivity index (χ4v) is 2.84. The number of morpholine rings is 1. The number of fused-ring (bicyclic) bond motifs is 1. The number of pyridine rings is 1. The lowest BCUT2D eigenvalue weighted by atomic mass is 10.1. The van der Waals surface area contributed by atoms with Gasteiger partial charge in [-0.15, -0.1) is 0 Å². The highest BCUT2D eigenvalue weighted by Gasteiger charge is 2.27. The second-order valence-corrected chi connectivity index (χ2v) is 5.63. The van der Waals surface area contributed by atoms with Gasteiger partial charge in [0.25, 0.3) is 5.91 Å². The Morgan fingerprint density at radius 2 is 2.08 bits per heavy atom. The number of benzene rings is 1. The number of carbonyl (C=O) groups excluding carboxylic acids is 1. The van der Waals surface area contributed by atoms with E-state index in [1.54, 1.807) is 29.6 Å². The van der Waals surface area contributed by atoms with Crippen molar-refractivity contribution >= 4 is 16.8 Å². The first kappa shape index (κ1) is 14.7. The maximum absolute atomic E-state index is 12.8. The molecule has 1 amide bonds. The third-order valence-electron chi connectivity index (χ3n) is 4.08. The van der Waals surface area contributed by atoms with E-state index in [0.717, 1.165) is 16.6 Å². The predicted molar refractivity (Wildman–Crippen MR) is 88.4 cm³/mol. The molecule has 0 N–H and O–H groups in total. The van der Waals surface area contributed by atoms with Crippen molar-refractivity contribution < 1.29 is 9.53 Å². The summed E-state index contributed by atoms with van der Waals surface area (Å²) in [6, 6.07) is 11.5. The molecule has 3 aromatic rings. The molecule has 1 aliphatic rings. The van der Waals surface area contributed by atoms with Crippen LogP contribution in [0.1, 0.15) is 22.3 Å². The molecule has 2 aromatic heterocycles. The van der Waals surface area contributed by atoms with E-state index in [4.69, 9.17) is 4.74 Å². The van der Waals surface area contributed by atoms with Crippen molar-refractivity contribution in [3.8, 4) is 0 Å². The number of amides is 1. The van der Waals surface area contributed by atoms with Gasteiger partial charge in [-0.3, -0.25) is 14.8 Å². The molecular weight excluding hydrogens is 304 g/mol. The van der Waals surface area contributed by atoms with Gasteiger partial charge in [-0.2, -0.15) is 0 Å². The van der Waals surface area contributed by atoms with E-state index >= 15 is 0 Å². The quantitative estimate of drug-likeness (QED) is 0.724. The van der Waals surface area contributed by atoms with E-state index in [0.29, 0.717) is 25.4 Å². The molecule has 3 heterocycles. The van der Waals surface area contributed by atoms with Gasteiger partial charge in [0, 0.05) is 24.3 Å². The largest absolute Gasteiger partial charge is 0.368 e. The number of carbonyl (C=O) groups is 1. The summed E-state index contributed by atoms with van der Waals surface area (Å²) in [5, 5.41) is 1.02. The van der Waals surface area contributed by atoms with Gasteiger partial charge in [0.15, 0.2) is 0 Å². The van der Waals surface area contributed by atoms with Gasteiger partial charge in [0.1, 0.15) is 11.8 Å². The Bertz CT molecular complexity index is 869. The first-order valence-corrected chi connectivity index (χ1v) is 7.84. The monoisotopic (exact) mass is 320 g/mol. The number of aromatic nitrogens is 3. The Hall–Kier alpha value is -2.86. The Labute approximate surface area is 139 Å². The molecule has 6 nitrogen and oxygen atoms in total. The molecule has 1 aromatic carbocycles. The minimum atomic E-state index is -0.253. The summed E-state index contributed by atoms with van der Waals surface area (Å²) in [6.45, 7) is 1.47. The van der Waals surface area contributed by atoms with Crippen molar-refractivity contribution in [1.29, 1.82) is 0 Å². The zero-order valence-electron chi connectivity index (χ0n) is 13.0. The first-order valence-electron chi connectivity index (χ1n) is 7.84. The van der Waals surface area contributed by atoms with Crippen LogP contribution in [0.15, 0.2) is 55.0 Å². The molecule has 0 saturated carbocycles. The van der Waals surface area contributed by atoms with Gasteiger partial charge >= 0.3 is 0 Å². The second kappa shape index (κ2) is 6.33. The molecule has 1 saturated heterocycles. The molecular formula is C18H16N4O2. The third-order valence-corrected chi connectivity index (χ3v) is 4.08. The Balaban J connectivity index is 1.56. The zero-order valence-corrected chi connectivity index (χ0v) is 13.0. The minimum Gasteiger partial charge on any atom is -0.368 e. The average Bonchev–Trinajstić information content (AvgIpc) is 2.68. The summed E-state index contributed by atoms with van der Waals surface area (Å²) in [6.07, 6.45) is 4.67. The highest BCUT2D eigenvalue weighted by molar-refractivity contribution is 5.95. The molecule has 120 valence electrons. The van der Waals surface area contributed by atoms with E-state index < -0.39 is 0 Å². The first-order chi connectivity index (χ1) is 11.8. The molecule has 0 bridgehead atoms. The highest BCUT2D eigenvalue weighted by Crippen LogP contribution is 2.21. The van der Waals surface area contributed by atoms with Crippen molar-refractivity contribution in [3.05, 3.63) is 66.4 Å². The van der Waals surface area contributed by atoms with Crippen LogP contribution in [0.25, 0.3) is 10.9 Å². The molecule has 0 aliphatic carbocycles. The summed E-state index contributed by atoms with van der Waals surface area (Å²) in [7, 11) is 0. The molecule has 6 heteroatoms. The molecule has 4 rings (SSSR count). The van der Waals surface area contributed by atoms with Crippen molar-refractivity contribution in [1.82, 2.24) is 19.9 Å². The van der Waals surface area contributed by atoms with Crippen LogP contribution in [0.4, 0.5) is 0 Å². The molecule has 24 heavy (non-hydrogen) atoms. The van der Waals surface area contributed by atoms with Crippen molar-refractivity contribution in [2.24, 2.45) is 0 Å². The van der Waals surface area contributed by atoms with Crippen LogP contribution < -0.4 is 0 Å². The summed E-state index contributed by atoms with van der Waals surface area (Å²) in [5.41, 5.74) is 2.01. The standard InChI is InChI=1S/C18H16N4O2/c23-18(15-6-5-13-3-1-2-4-14(13)21-15)22-9-10-24-17(12-22)16-11-19-7-8-20-16/h1-8,11,17H,9-10,12H2/t17-/m0/s1. The van der Waals surface area contributed by atoms with Crippen LogP contribution in [0.5, 0.6) is 0 Å². The molecule has 0 spiro atoms. The molecule has 1 atom stereocenters. The van der Waals surface area contributed by atoms with Gasteiger partial charge in [0.2, 0.25) is 0 Å². The normalized spacial score (nSPS) is 17.8. The molecule has 1 fully saturated rings. The maximum Gasteiger partial charge on any atom is 0.272 e.